The topological polar surface area (TPSA) is 76.2 Å². The van der Waals surface area contributed by atoms with Gasteiger partial charge in [0.2, 0.25) is 0 Å². The third-order valence-electron chi connectivity index (χ3n) is 4.86. The molecule has 1 aromatic heterocycles. The van der Waals surface area contributed by atoms with Gasteiger partial charge in [-0.15, -0.1) is 0 Å². The third-order valence-corrected chi connectivity index (χ3v) is 4.86. The molecule has 0 unspecified atom stereocenters. The summed E-state index contributed by atoms with van der Waals surface area (Å²) in [5.74, 6) is -0.982. The van der Waals surface area contributed by atoms with Gasteiger partial charge in [0.05, 0.1) is 31.2 Å². The number of hydrogen-bond acceptors (Lipinski definition) is 4. The molecule has 1 aliphatic rings. The van der Waals surface area contributed by atoms with E-state index in [4.69, 9.17) is 9.47 Å². The summed E-state index contributed by atoms with van der Waals surface area (Å²) in [5, 5.41) is 10.1. The van der Waals surface area contributed by atoms with E-state index in [-0.39, 0.29) is 11.5 Å². The van der Waals surface area contributed by atoms with Gasteiger partial charge in [-0.25, -0.2) is 8.78 Å². The van der Waals surface area contributed by atoms with Gasteiger partial charge in [0.1, 0.15) is 28.8 Å². The van der Waals surface area contributed by atoms with Crippen molar-refractivity contribution >= 4 is 11.6 Å². The van der Waals surface area contributed by atoms with E-state index in [0.29, 0.717) is 34.5 Å². The van der Waals surface area contributed by atoms with Crippen LogP contribution in [-0.4, -0.2) is 30.3 Å². The molecule has 0 saturated heterocycles. The van der Waals surface area contributed by atoms with Crippen molar-refractivity contribution in [3.8, 4) is 22.8 Å². The molecule has 0 spiro atoms. The first kappa shape index (κ1) is 18.9. The van der Waals surface area contributed by atoms with Crippen LogP contribution in [0.1, 0.15) is 34.8 Å². The summed E-state index contributed by atoms with van der Waals surface area (Å²) in [6, 6.07) is 8.09. The van der Waals surface area contributed by atoms with E-state index in [1.54, 1.807) is 25.3 Å². The number of ether oxygens (including phenoxy) is 2. The van der Waals surface area contributed by atoms with E-state index in [1.807, 2.05) is 0 Å². The van der Waals surface area contributed by atoms with Crippen molar-refractivity contribution in [2.75, 3.05) is 19.5 Å². The van der Waals surface area contributed by atoms with E-state index in [2.05, 4.69) is 15.5 Å². The standard InChI is InChI=1S/C21H19F2N3O3/c1-28-13-6-8-15(17(10-13)29-2)19-20(18(25-26-19)11-3-4-11)24-21(27)14-7-5-12(22)9-16(14)23/h5-11H,3-4H2,1-2H3,(H,24,27)(H,25,26). The van der Waals surface area contributed by atoms with Crippen LogP contribution < -0.4 is 14.8 Å². The SMILES string of the molecule is COc1ccc(-c2n[nH]c(C3CC3)c2NC(=O)c2ccc(F)cc2F)c(OC)c1. The summed E-state index contributed by atoms with van der Waals surface area (Å²) >= 11 is 0. The molecule has 0 bridgehead atoms. The Bertz CT molecular complexity index is 1080. The average molecular weight is 399 g/mol. The Morgan fingerprint density at radius 2 is 1.93 bits per heavy atom. The van der Waals surface area contributed by atoms with Gasteiger partial charge >= 0.3 is 0 Å². The van der Waals surface area contributed by atoms with Gasteiger partial charge in [-0.2, -0.15) is 5.10 Å². The van der Waals surface area contributed by atoms with Crippen LogP contribution in [0.2, 0.25) is 0 Å². The summed E-state index contributed by atoms with van der Waals surface area (Å²) in [4.78, 5) is 12.7. The zero-order chi connectivity index (χ0) is 20.5. The Hall–Kier alpha value is -3.42. The minimum atomic E-state index is -0.928. The maximum absolute atomic E-state index is 14.1. The van der Waals surface area contributed by atoms with Gasteiger partial charge in [0.25, 0.3) is 5.91 Å². The van der Waals surface area contributed by atoms with E-state index >= 15 is 0 Å². The first-order valence-corrected chi connectivity index (χ1v) is 9.09. The third kappa shape index (κ3) is 3.65. The molecule has 6 nitrogen and oxygen atoms in total. The molecule has 1 heterocycles. The number of rotatable bonds is 6. The number of carbonyl (C=O) groups excluding carboxylic acids is 1. The van der Waals surface area contributed by atoms with Crippen LogP contribution in [0, 0.1) is 11.6 Å². The summed E-state index contributed by atoms with van der Waals surface area (Å²) in [6.45, 7) is 0. The second-order valence-electron chi connectivity index (χ2n) is 6.78. The molecule has 2 N–H and O–H groups in total. The van der Waals surface area contributed by atoms with Crippen LogP contribution >= 0.6 is 0 Å². The fourth-order valence-corrected chi connectivity index (χ4v) is 3.19. The molecular weight excluding hydrogens is 380 g/mol. The van der Waals surface area contributed by atoms with Crippen molar-refractivity contribution in [3.63, 3.8) is 0 Å². The Kier molecular flexibility index (Phi) is 4.92. The lowest BCUT2D eigenvalue weighted by Gasteiger charge is -2.12. The van der Waals surface area contributed by atoms with Crippen LogP contribution in [0.3, 0.4) is 0 Å². The van der Waals surface area contributed by atoms with Crippen LogP contribution in [0.5, 0.6) is 11.5 Å². The highest BCUT2D eigenvalue weighted by Gasteiger charge is 2.32. The highest BCUT2D eigenvalue weighted by atomic mass is 19.1. The number of benzene rings is 2. The second-order valence-corrected chi connectivity index (χ2v) is 6.78. The Morgan fingerprint density at radius 1 is 1.14 bits per heavy atom. The molecular formula is C21H19F2N3O3. The fraction of sp³-hybridized carbons (Fsp3) is 0.238. The zero-order valence-corrected chi connectivity index (χ0v) is 15.9. The number of halogens is 2. The number of methoxy groups -OCH3 is 2. The van der Waals surface area contributed by atoms with Crippen molar-refractivity contribution in [2.45, 2.75) is 18.8 Å². The number of aromatic amines is 1. The number of anilines is 1. The molecule has 0 atom stereocenters. The van der Waals surface area contributed by atoms with Crippen molar-refractivity contribution in [1.82, 2.24) is 10.2 Å². The molecule has 1 fully saturated rings. The van der Waals surface area contributed by atoms with Gasteiger partial charge in [-0.05, 0) is 37.1 Å². The van der Waals surface area contributed by atoms with Crippen LogP contribution in [0.15, 0.2) is 36.4 Å². The summed E-state index contributed by atoms with van der Waals surface area (Å²) in [7, 11) is 3.08. The van der Waals surface area contributed by atoms with Gasteiger partial charge < -0.3 is 14.8 Å². The first-order chi connectivity index (χ1) is 14.0. The Morgan fingerprint density at radius 3 is 2.59 bits per heavy atom. The van der Waals surface area contributed by atoms with E-state index in [0.717, 1.165) is 30.7 Å². The number of H-pyrrole nitrogens is 1. The van der Waals surface area contributed by atoms with Crippen LogP contribution in [0.4, 0.5) is 14.5 Å². The molecule has 1 amide bonds. The maximum atomic E-state index is 14.1. The molecule has 0 aliphatic heterocycles. The number of carbonyl (C=O) groups is 1. The number of nitrogens with one attached hydrogen (secondary N) is 2. The van der Waals surface area contributed by atoms with E-state index in [1.165, 1.54) is 7.11 Å². The lowest BCUT2D eigenvalue weighted by Crippen LogP contribution is -2.15. The van der Waals surface area contributed by atoms with Crippen molar-refractivity contribution in [3.05, 3.63) is 59.3 Å². The molecule has 29 heavy (non-hydrogen) atoms. The lowest BCUT2D eigenvalue weighted by molar-refractivity contribution is 0.102. The molecule has 1 aliphatic carbocycles. The monoisotopic (exact) mass is 399 g/mol. The molecule has 3 aromatic rings. The predicted molar refractivity (Wildman–Crippen MR) is 103 cm³/mol. The summed E-state index contributed by atoms with van der Waals surface area (Å²) < 4.78 is 37.9. The predicted octanol–water partition coefficient (Wildman–Crippen LogP) is 4.50. The van der Waals surface area contributed by atoms with Crippen molar-refractivity contribution in [1.29, 1.82) is 0 Å². The Balaban J connectivity index is 1.75. The van der Waals surface area contributed by atoms with Gasteiger partial charge in [-0.1, -0.05) is 0 Å². The second kappa shape index (κ2) is 7.54. The number of amides is 1. The van der Waals surface area contributed by atoms with E-state index in [9.17, 15) is 13.6 Å². The van der Waals surface area contributed by atoms with Crippen molar-refractivity contribution in [2.24, 2.45) is 0 Å². The quantitative estimate of drug-likeness (QED) is 0.640. The zero-order valence-electron chi connectivity index (χ0n) is 15.9. The largest absolute Gasteiger partial charge is 0.497 e. The molecule has 150 valence electrons. The average Bonchev–Trinajstić information content (AvgIpc) is 3.48. The molecule has 0 radical (unpaired) electrons. The lowest BCUT2D eigenvalue weighted by atomic mass is 10.1. The number of nitrogens with zero attached hydrogens (tertiary/aromatic N) is 1. The normalized spacial score (nSPS) is 13.2. The molecule has 2 aromatic carbocycles. The van der Waals surface area contributed by atoms with Gasteiger partial charge in [0.15, 0.2) is 0 Å². The molecule has 8 heteroatoms. The number of hydrogen-bond donors (Lipinski definition) is 2. The fourth-order valence-electron chi connectivity index (χ4n) is 3.19. The smallest absolute Gasteiger partial charge is 0.258 e. The van der Waals surface area contributed by atoms with Gasteiger partial charge in [-0.3, -0.25) is 9.89 Å². The highest BCUT2D eigenvalue weighted by molar-refractivity contribution is 6.07. The summed E-state index contributed by atoms with van der Waals surface area (Å²) in [5.41, 5.74) is 2.11. The molecule has 1 saturated carbocycles. The Labute approximate surface area is 165 Å². The first-order valence-electron chi connectivity index (χ1n) is 9.09. The minimum absolute atomic E-state index is 0.244. The molecule has 4 rings (SSSR count). The maximum Gasteiger partial charge on any atom is 0.258 e. The van der Waals surface area contributed by atoms with Crippen molar-refractivity contribution < 1.29 is 23.0 Å². The minimum Gasteiger partial charge on any atom is -0.497 e. The summed E-state index contributed by atoms with van der Waals surface area (Å²) in [6.07, 6.45) is 1.93. The van der Waals surface area contributed by atoms with Crippen LogP contribution in [0.25, 0.3) is 11.3 Å². The van der Waals surface area contributed by atoms with Crippen LogP contribution in [-0.2, 0) is 0 Å². The van der Waals surface area contributed by atoms with Gasteiger partial charge in [0, 0.05) is 23.6 Å². The highest BCUT2D eigenvalue weighted by Crippen LogP contribution is 2.46. The van der Waals surface area contributed by atoms with E-state index < -0.39 is 17.5 Å². The number of aromatic nitrogens is 2.